The molecule has 0 radical (unpaired) electrons. The van der Waals surface area contributed by atoms with Crippen molar-refractivity contribution in [3.05, 3.63) is 59.2 Å². The molecule has 0 aliphatic rings. The van der Waals surface area contributed by atoms with Gasteiger partial charge in [0.15, 0.2) is 0 Å². The minimum atomic E-state index is -4.66. The van der Waals surface area contributed by atoms with Gasteiger partial charge >= 0.3 is 6.18 Å². The number of methoxy groups -OCH3 is 1. The smallest absolute Gasteiger partial charge is 0.417 e. The van der Waals surface area contributed by atoms with Crippen LogP contribution in [0.5, 0.6) is 5.75 Å². The van der Waals surface area contributed by atoms with E-state index in [1.807, 2.05) is 0 Å². The average Bonchev–Trinajstić information content (AvgIpc) is 2.53. The van der Waals surface area contributed by atoms with Crippen LogP contribution in [0.4, 0.5) is 18.9 Å². The SMILES string of the molecule is COc1ccc(NC(=O)c2ccccc2C(F)(F)F)cc1C(N)=O. The molecule has 8 heteroatoms. The zero-order chi connectivity index (χ0) is 17.9. The fourth-order valence-electron chi connectivity index (χ4n) is 2.11. The number of ether oxygens (including phenoxy) is 1. The van der Waals surface area contributed by atoms with Crippen molar-refractivity contribution >= 4 is 17.5 Å². The number of carbonyl (C=O) groups excluding carboxylic acids is 2. The number of carbonyl (C=O) groups is 2. The molecule has 0 unspecified atom stereocenters. The number of primary amides is 1. The molecular weight excluding hydrogens is 325 g/mol. The Morgan fingerprint density at radius 1 is 1.08 bits per heavy atom. The Bertz CT molecular complexity index is 788. The van der Waals surface area contributed by atoms with E-state index in [-0.39, 0.29) is 17.0 Å². The summed E-state index contributed by atoms with van der Waals surface area (Å²) in [4.78, 5) is 23.5. The maximum absolute atomic E-state index is 13.0. The summed E-state index contributed by atoms with van der Waals surface area (Å²) < 4.78 is 43.8. The van der Waals surface area contributed by atoms with E-state index < -0.39 is 29.1 Å². The molecule has 0 aromatic heterocycles. The van der Waals surface area contributed by atoms with E-state index in [0.29, 0.717) is 0 Å². The standard InChI is InChI=1S/C16H13F3N2O3/c1-24-13-7-6-9(8-11(13)14(20)22)21-15(23)10-4-2-3-5-12(10)16(17,18)19/h2-8H,1H3,(H2,20,22)(H,21,23). The summed E-state index contributed by atoms with van der Waals surface area (Å²) in [6.45, 7) is 0. The summed E-state index contributed by atoms with van der Waals surface area (Å²) >= 11 is 0. The molecular formula is C16H13F3N2O3. The van der Waals surface area contributed by atoms with Crippen LogP contribution >= 0.6 is 0 Å². The van der Waals surface area contributed by atoms with Gasteiger partial charge in [0.25, 0.3) is 11.8 Å². The number of nitrogens with two attached hydrogens (primary N) is 1. The largest absolute Gasteiger partial charge is 0.496 e. The monoisotopic (exact) mass is 338 g/mol. The van der Waals surface area contributed by atoms with E-state index in [1.165, 1.54) is 37.4 Å². The number of rotatable bonds is 4. The molecule has 0 bridgehead atoms. The van der Waals surface area contributed by atoms with Crippen LogP contribution in [0.25, 0.3) is 0 Å². The van der Waals surface area contributed by atoms with Gasteiger partial charge in [0, 0.05) is 5.69 Å². The van der Waals surface area contributed by atoms with Gasteiger partial charge in [-0.05, 0) is 30.3 Å². The van der Waals surface area contributed by atoms with Gasteiger partial charge in [0.05, 0.1) is 23.8 Å². The second-order valence-corrected chi connectivity index (χ2v) is 4.78. The molecule has 2 aromatic rings. The van der Waals surface area contributed by atoms with Crippen molar-refractivity contribution in [1.29, 1.82) is 0 Å². The van der Waals surface area contributed by atoms with Crippen molar-refractivity contribution in [2.24, 2.45) is 5.73 Å². The minimum Gasteiger partial charge on any atom is -0.496 e. The van der Waals surface area contributed by atoms with Crippen molar-refractivity contribution < 1.29 is 27.5 Å². The third-order valence-electron chi connectivity index (χ3n) is 3.20. The zero-order valence-electron chi connectivity index (χ0n) is 12.5. The molecule has 0 aliphatic carbocycles. The number of halogens is 3. The van der Waals surface area contributed by atoms with Crippen LogP contribution < -0.4 is 15.8 Å². The molecule has 2 rings (SSSR count). The second-order valence-electron chi connectivity index (χ2n) is 4.78. The Morgan fingerprint density at radius 2 is 1.75 bits per heavy atom. The molecule has 0 spiro atoms. The number of hydrogen-bond donors (Lipinski definition) is 2. The molecule has 24 heavy (non-hydrogen) atoms. The highest BCUT2D eigenvalue weighted by Crippen LogP contribution is 2.32. The van der Waals surface area contributed by atoms with Gasteiger partial charge in [-0.3, -0.25) is 9.59 Å². The number of benzene rings is 2. The molecule has 0 heterocycles. The molecule has 0 atom stereocenters. The normalized spacial score (nSPS) is 11.0. The van der Waals surface area contributed by atoms with E-state index in [0.717, 1.165) is 12.1 Å². The summed E-state index contributed by atoms with van der Waals surface area (Å²) in [6.07, 6.45) is -4.66. The summed E-state index contributed by atoms with van der Waals surface area (Å²) in [5.74, 6) is -1.56. The van der Waals surface area contributed by atoms with Gasteiger partial charge in [-0.1, -0.05) is 12.1 Å². The topological polar surface area (TPSA) is 81.4 Å². The fourth-order valence-corrected chi connectivity index (χ4v) is 2.11. The van der Waals surface area contributed by atoms with Gasteiger partial charge in [0.1, 0.15) is 5.75 Å². The summed E-state index contributed by atoms with van der Waals surface area (Å²) in [6, 6.07) is 8.40. The van der Waals surface area contributed by atoms with Gasteiger partial charge in [-0.2, -0.15) is 13.2 Å². The molecule has 0 fully saturated rings. The lowest BCUT2D eigenvalue weighted by Crippen LogP contribution is -2.19. The Balaban J connectivity index is 2.35. The molecule has 0 saturated carbocycles. The summed E-state index contributed by atoms with van der Waals surface area (Å²) in [7, 11) is 1.33. The molecule has 5 nitrogen and oxygen atoms in total. The van der Waals surface area contributed by atoms with Crippen LogP contribution in [-0.4, -0.2) is 18.9 Å². The van der Waals surface area contributed by atoms with Crippen molar-refractivity contribution in [3.63, 3.8) is 0 Å². The average molecular weight is 338 g/mol. The predicted molar refractivity (Wildman–Crippen MR) is 80.9 cm³/mol. The highest BCUT2D eigenvalue weighted by molar-refractivity contribution is 6.06. The third kappa shape index (κ3) is 3.65. The first-order chi connectivity index (χ1) is 11.2. The minimum absolute atomic E-state index is 0.000550. The summed E-state index contributed by atoms with van der Waals surface area (Å²) in [5.41, 5.74) is 3.74. The highest BCUT2D eigenvalue weighted by Gasteiger charge is 2.34. The number of amides is 2. The van der Waals surface area contributed by atoms with Crippen LogP contribution in [-0.2, 0) is 6.18 Å². The van der Waals surface area contributed by atoms with Crippen molar-refractivity contribution in [2.75, 3.05) is 12.4 Å². The molecule has 2 amide bonds. The quantitative estimate of drug-likeness (QED) is 0.899. The van der Waals surface area contributed by atoms with E-state index in [2.05, 4.69) is 5.32 Å². The number of anilines is 1. The Labute approximate surface area is 135 Å². The van der Waals surface area contributed by atoms with Crippen LogP contribution in [0.2, 0.25) is 0 Å². The Morgan fingerprint density at radius 3 is 2.33 bits per heavy atom. The third-order valence-corrected chi connectivity index (χ3v) is 3.20. The Kier molecular flexibility index (Phi) is 4.77. The maximum atomic E-state index is 13.0. The molecule has 126 valence electrons. The molecule has 0 saturated heterocycles. The lowest BCUT2D eigenvalue weighted by molar-refractivity contribution is -0.137. The van der Waals surface area contributed by atoms with Crippen LogP contribution in [0.3, 0.4) is 0 Å². The van der Waals surface area contributed by atoms with E-state index >= 15 is 0 Å². The summed E-state index contributed by atoms with van der Waals surface area (Å²) in [5, 5.41) is 2.32. The van der Waals surface area contributed by atoms with Gasteiger partial charge in [-0.15, -0.1) is 0 Å². The van der Waals surface area contributed by atoms with Gasteiger partial charge in [0.2, 0.25) is 0 Å². The molecule has 0 aliphatic heterocycles. The zero-order valence-corrected chi connectivity index (χ0v) is 12.5. The lowest BCUT2D eigenvalue weighted by Gasteiger charge is -2.13. The van der Waals surface area contributed by atoms with Crippen molar-refractivity contribution in [1.82, 2.24) is 0 Å². The number of nitrogens with one attached hydrogen (secondary N) is 1. The lowest BCUT2D eigenvalue weighted by atomic mass is 10.1. The van der Waals surface area contributed by atoms with Gasteiger partial charge in [-0.25, -0.2) is 0 Å². The van der Waals surface area contributed by atoms with E-state index in [4.69, 9.17) is 10.5 Å². The van der Waals surface area contributed by atoms with E-state index in [1.54, 1.807) is 0 Å². The second kappa shape index (κ2) is 6.61. The van der Waals surface area contributed by atoms with Crippen LogP contribution in [0.1, 0.15) is 26.3 Å². The van der Waals surface area contributed by atoms with E-state index in [9.17, 15) is 22.8 Å². The molecule has 2 aromatic carbocycles. The van der Waals surface area contributed by atoms with Crippen LogP contribution in [0.15, 0.2) is 42.5 Å². The van der Waals surface area contributed by atoms with Crippen LogP contribution in [0, 0.1) is 0 Å². The first-order valence-corrected chi connectivity index (χ1v) is 6.69. The predicted octanol–water partition coefficient (Wildman–Crippen LogP) is 3.07. The first-order valence-electron chi connectivity index (χ1n) is 6.69. The van der Waals surface area contributed by atoms with Crippen molar-refractivity contribution in [2.45, 2.75) is 6.18 Å². The first kappa shape index (κ1) is 17.3. The maximum Gasteiger partial charge on any atom is 0.417 e. The molecule has 3 N–H and O–H groups in total. The number of hydrogen-bond acceptors (Lipinski definition) is 3. The number of alkyl halides is 3. The Hall–Kier alpha value is -3.03. The fraction of sp³-hybridized carbons (Fsp3) is 0.125. The van der Waals surface area contributed by atoms with Gasteiger partial charge < -0.3 is 15.8 Å². The highest BCUT2D eigenvalue weighted by atomic mass is 19.4. The van der Waals surface area contributed by atoms with Crippen molar-refractivity contribution in [3.8, 4) is 5.75 Å².